The van der Waals surface area contributed by atoms with Crippen LogP contribution in [0, 0.1) is 0 Å². The predicted octanol–water partition coefficient (Wildman–Crippen LogP) is 8.81. The highest BCUT2D eigenvalue weighted by Crippen LogP contribution is 2.47. The van der Waals surface area contributed by atoms with E-state index in [2.05, 4.69) is 95.4 Å². The molecule has 0 saturated carbocycles. The zero-order valence-electron chi connectivity index (χ0n) is 19.1. The minimum absolute atomic E-state index is 0.925. The van der Waals surface area contributed by atoms with Gasteiger partial charge < -0.3 is 0 Å². The van der Waals surface area contributed by atoms with Crippen LogP contribution in [0.4, 0.5) is 0 Å². The fourth-order valence-corrected chi connectivity index (χ4v) is 7.15. The van der Waals surface area contributed by atoms with Gasteiger partial charge in [0.15, 0.2) is 5.65 Å². The first kappa shape index (κ1) is 18.7. The molecule has 4 heteroatoms. The van der Waals surface area contributed by atoms with Gasteiger partial charge >= 0.3 is 0 Å². The Morgan fingerprint density at radius 3 is 2.22 bits per heavy atom. The van der Waals surface area contributed by atoms with E-state index in [-0.39, 0.29) is 0 Å². The molecule has 3 nitrogen and oxygen atoms in total. The number of hydrogen-bond acceptors (Lipinski definition) is 3. The monoisotopic (exact) mass is 475 g/mol. The summed E-state index contributed by atoms with van der Waals surface area (Å²) in [5.41, 5.74) is 8.67. The molecule has 0 saturated heterocycles. The maximum atomic E-state index is 5.20. The minimum Gasteiger partial charge on any atom is -0.291 e. The standard InChI is InChI=1S/C32H17N3S/c1-2-8-18(9-3-1)19-14-15-21-26(16-19)36-27-17-22-20-10-4-7-13-25(20)35-31(22)29(28(21)27)30-32(35)34-24-12-6-5-11-23(24)33-30/h1-17H. The van der Waals surface area contributed by atoms with Crippen molar-refractivity contribution in [2.24, 2.45) is 0 Å². The predicted molar refractivity (Wildman–Crippen MR) is 153 cm³/mol. The van der Waals surface area contributed by atoms with Gasteiger partial charge in [0, 0.05) is 36.3 Å². The quantitative estimate of drug-likeness (QED) is 0.237. The first-order valence-electron chi connectivity index (χ1n) is 12.1. The lowest BCUT2D eigenvalue weighted by atomic mass is 10.0. The highest BCUT2D eigenvalue weighted by atomic mass is 32.1. The van der Waals surface area contributed by atoms with Gasteiger partial charge in [-0.15, -0.1) is 11.3 Å². The summed E-state index contributed by atoms with van der Waals surface area (Å²) in [5.74, 6) is 0. The molecule has 0 fully saturated rings. The average molecular weight is 476 g/mol. The van der Waals surface area contributed by atoms with Gasteiger partial charge in [0.05, 0.1) is 22.1 Å². The normalized spacial score (nSPS) is 12.4. The molecule has 0 spiro atoms. The molecule has 0 N–H and O–H groups in total. The SMILES string of the molecule is c1ccc(-c2ccc3c(c2)sc2cc4c5ccccc5n5c6nc7ccccc7nc6c(c23)c45)cc1. The number of thiophene rings is 1. The molecule has 9 rings (SSSR count). The summed E-state index contributed by atoms with van der Waals surface area (Å²) in [6.07, 6.45) is 0. The fourth-order valence-electron chi connectivity index (χ4n) is 5.96. The third-order valence-electron chi connectivity index (χ3n) is 7.50. The Morgan fingerprint density at radius 2 is 1.33 bits per heavy atom. The Morgan fingerprint density at radius 1 is 0.556 bits per heavy atom. The summed E-state index contributed by atoms with van der Waals surface area (Å²) >= 11 is 1.87. The van der Waals surface area contributed by atoms with Crippen LogP contribution >= 0.6 is 11.3 Å². The van der Waals surface area contributed by atoms with E-state index in [9.17, 15) is 0 Å². The van der Waals surface area contributed by atoms with Crippen LogP contribution in [-0.2, 0) is 0 Å². The molecule has 0 atom stereocenters. The first-order chi connectivity index (χ1) is 17.8. The molecule has 4 heterocycles. The molecule has 0 aliphatic rings. The van der Waals surface area contributed by atoms with Crippen LogP contribution < -0.4 is 0 Å². The van der Waals surface area contributed by atoms with Crippen molar-refractivity contribution >= 4 is 80.9 Å². The van der Waals surface area contributed by atoms with E-state index in [0.717, 1.165) is 22.2 Å². The molecule has 0 amide bonds. The smallest absolute Gasteiger partial charge is 0.165 e. The second-order valence-corrected chi connectivity index (χ2v) is 10.5. The molecule has 9 aromatic rings. The number of hydrogen-bond donors (Lipinski definition) is 0. The Bertz CT molecular complexity index is 2310. The third-order valence-corrected chi connectivity index (χ3v) is 8.60. The van der Waals surface area contributed by atoms with Crippen molar-refractivity contribution in [2.45, 2.75) is 0 Å². The van der Waals surface area contributed by atoms with Crippen molar-refractivity contribution in [3.63, 3.8) is 0 Å². The molecule has 5 aromatic carbocycles. The van der Waals surface area contributed by atoms with E-state index in [1.54, 1.807) is 0 Å². The van der Waals surface area contributed by atoms with E-state index >= 15 is 0 Å². The van der Waals surface area contributed by atoms with Crippen LogP contribution in [-0.4, -0.2) is 14.4 Å². The highest BCUT2D eigenvalue weighted by Gasteiger charge is 2.24. The van der Waals surface area contributed by atoms with Crippen molar-refractivity contribution in [3.05, 3.63) is 103 Å². The second-order valence-electron chi connectivity index (χ2n) is 9.44. The topological polar surface area (TPSA) is 30.2 Å². The number of benzene rings is 5. The summed E-state index contributed by atoms with van der Waals surface area (Å²) < 4.78 is 4.92. The Kier molecular flexibility index (Phi) is 3.42. The van der Waals surface area contributed by atoms with E-state index in [4.69, 9.17) is 9.97 Å². The summed E-state index contributed by atoms with van der Waals surface area (Å²) in [7, 11) is 0. The minimum atomic E-state index is 0.925. The fraction of sp³-hybridized carbons (Fsp3) is 0. The van der Waals surface area contributed by atoms with Crippen molar-refractivity contribution in [2.75, 3.05) is 0 Å². The molecular weight excluding hydrogens is 458 g/mol. The Balaban J connectivity index is 1.53. The van der Waals surface area contributed by atoms with Gasteiger partial charge in [-0.1, -0.05) is 72.8 Å². The Labute approximate surface area is 209 Å². The maximum Gasteiger partial charge on any atom is 0.165 e. The van der Waals surface area contributed by atoms with E-state index < -0.39 is 0 Å². The number of rotatable bonds is 1. The lowest BCUT2D eigenvalue weighted by molar-refractivity contribution is 1.28. The molecule has 0 unspecified atom stereocenters. The van der Waals surface area contributed by atoms with Crippen LogP contribution in [0.1, 0.15) is 0 Å². The molecule has 36 heavy (non-hydrogen) atoms. The molecule has 4 aromatic heterocycles. The zero-order valence-corrected chi connectivity index (χ0v) is 19.9. The van der Waals surface area contributed by atoms with Crippen LogP contribution in [0.25, 0.3) is 80.7 Å². The zero-order chi connectivity index (χ0) is 23.4. The van der Waals surface area contributed by atoms with Crippen molar-refractivity contribution < 1.29 is 0 Å². The van der Waals surface area contributed by atoms with Crippen molar-refractivity contribution in [1.82, 2.24) is 14.4 Å². The van der Waals surface area contributed by atoms with Crippen LogP contribution in [0.2, 0.25) is 0 Å². The Hall–Kier alpha value is -4.54. The number of para-hydroxylation sites is 3. The summed E-state index contributed by atoms with van der Waals surface area (Å²) in [6, 6.07) is 36.7. The molecule has 0 aliphatic carbocycles. The summed E-state index contributed by atoms with van der Waals surface area (Å²) in [5, 5.41) is 6.32. The van der Waals surface area contributed by atoms with Gasteiger partial charge in [-0.2, -0.15) is 0 Å². The van der Waals surface area contributed by atoms with Crippen molar-refractivity contribution in [1.29, 1.82) is 0 Å². The lowest BCUT2D eigenvalue weighted by Crippen LogP contribution is -1.88. The molecule has 0 aliphatic heterocycles. The van der Waals surface area contributed by atoms with Gasteiger partial charge in [-0.25, -0.2) is 9.97 Å². The van der Waals surface area contributed by atoms with Gasteiger partial charge in [0.25, 0.3) is 0 Å². The largest absolute Gasteiger partial charge is 0.291 e. The summed E-state index contributed by atoms with van der Waals surface area (Å²) in [4.78, 5) is 10.3. The molecule has 166 valence electrons. The van der Waals surface area contributed by atoms with Crippen LogP contribution in [0.15, 0.2) is 103 Å². The van der Waals surface area contributed by atoms with E-state index in [0.29, 0.717) is 0 Å². The van der Waals surface area contributed by atoms with Gasteiger partial charge in [-0.3, -0.25) is 4.40 Å². The average Bonchev–Trinajstić information content (AvgIpc) is 3.57. The molecule has 0 bridgehead atoms. The second kappa shape index (κ2) is 6.56. The van der Waals surface area contributed by atoms with E-state index in [1.807, 2.05) is 23.5 Å². The lowest BCUT2D eigenvalue weighted by Gasteiger charge is -2.02. The maximum absolute atomic E-state index is 5.20. The van der Waals surface area contributed by atoms with Crippen LogP contribution in [0.5, 0.6) is 0 Å². The number of nitrogens with zero attached hydrogens (tertiary/aromatic N) is 3. The van der Waals surface area contributed by atoms with Crippen molar-refractivity contribution in [3.8, 4) is 11.1 Å². The number of fused-ring (bicyclic) bond motifs is 11. The molecular formula is C32H17N3S. The van der Waals surface area contributed by atoms with Gasteiger partial charge in [0.1, 0.15) is 5.52 Å². The highest BCUT2D eigenvalue weighted by molar-refractivity contribution is 7.26. The summed E-state index contributed by atoms with van der Waals surface area (Å²) in [6.45, 7) is 0. The number of aromatic nitrogens is 3. The van der Waals surface area contributed by atoms with Gasteiger partial charge in [0.2, 0.25) is 0 Å². The van der Waals surface area contributed by atoms with E-state index in [1.165, 1.54) is 58.5 Å². The van der Waals surface area contributed by atoms with Crippen LogP contribution in [0.3, 0.4) is 0 Å². The van der Waals surface area contributed by atoms with Gasteiger partial charge in [-0.05, 0) is 41.5 Å². The third kappa shape index (κ3) is 2.27. The first-order valence-corrected chi connectivity index (χ1v) is 12.9. The molecule has 0 radical (unpaired) electrons.